The Balaban J connectivity index is 1.76. The van der Waals surface area contributed by atoms with Gasteiger partial charge in [-0.3, -0.25) is 4.79 Å². The summed E-state index contributed by atoms with van der Waals surface area (Å²) >= 11 is 0. The van der Waals surface area contributed by atoms with E-state index >= 15 is 0 Å². The van der Waals surface area contributed by atoms with Crippen LogP contribution in [0.5, 0.6) is 5.75 Å². The van der Waals surface area contributed by atoms with Gasteiger partial charge in [-0.15, -0.1) is 0 Å². The molecular formula is C28H30O8. The molecule has 0 saturated carbocycles. The number of ether oxygens (including phenoxy) is 4. The van der Waals surface area contributed by atoms with Crippen molar-refractivity contribution in [1.82, 2.24) is 0 Å². The van der Waals surface area contributed by atoms with Crippen LogP contribution in [0.25, 0.3) is 0 Å². The average Bonchev–Trinajstić information content (AvgIpc) is 3.18. The molecule has 0 spiro atoms. The molecule has 8 heteroatoms. The first-order valence-corrected chi connectivity index (χ1v) is 11.8. The summed E-state index contributed by atoms with van der Waals surface area (Å²) in [5.74, 6) is -2.94. The van der Waals surface area contributed by atoms with Crippen molar-refractivity contribution in [2.45, 2.75) is 58.8 Å². The first-order chi connectivity index (χ1) is 17.0. The number of ketones is 1. The maximum Gasteiger partial charge on any atom is 0.351 e. The molecule has 0 bridgehead atoms. The zero-order chi connectivity index (χ0) is 26.4. The zero-order valence-corrected chi connectivity index (χ0v) is 21.2. The minimum atomic E-state index is -1.72. The Bertz CT molecular complexity index is 1210. The number of esters is 3. The van der Waals surface area contributed by atoms with Gasteiger partial charge in [-0.1, -0.05) is 16.7 Å². The highest BCUT2D eigenvalue weighted by Crippen LogP contribution is 2.51. The lowest BCUT2D eigenvalue weighted by Crippen LogP contribution is -2.50. The molecule has 0 aromatic heterocycles. The average molecular weight is 495 g/mol. The fraction of sp³-hybridized carbons (Fsp3) is 0.429. The standard InChI is InChI=1S/C28H30O8/c1-14(2)11-21(30)36-28(5)24-20(34-26(31)17-7-9-18(33-6)10-8-17)13-16(4)22-19(29)12-15(3)23(22)25(24)35-27(28)32/h7-12,20,23-25H,13H2,1-6H3. The molecule has 8 nitrogen and oxygen atoms in total. The molecule has 1 aromatic carbocycles. The van der Waals surface area contributed by atoms with Gasteiger partial charge in [0.05, 0.1) is 18.6 Å². The molecule has 0 N–H and O–H groups in total. The number of fused-ring (bicyclic) bond motifs is 3. The van der Waals surface area contributed by atoms with Gasteiger partial charge < -0.3 is 18.9 Å². The van der Waals surface area contributed by atoms with Crippen LogP contribution in [-0.2, 0) is 28.6 Å². The Morgan fingerprint density at radius 2 is 1.78 bits per heavy atom. The van der Waals surface area contributed by atoms with Gasteiger partial charge in [-0.05, 0) is 65.0 Å². The van der Waals surface area contributed by atoms with Gasteiger partial charge in [0.15, 0.2) is 5.78 Å². The summed E-state index contributed by atoms with van der Waals surface area (Å²) in [7, 11) is 1.53. The lowest BCUT2D eigenvalue weighted by molar-refractivity contribution is -0.172. The van der Waals surface area contributed by atoms with Crippen LogP contribution < -0.4 is 4.74 Å². The van der Waals surface area contributed by atoms with Crippen molar-refractivity contribution in [3.63, 3.8) is 0 Å². The number of hydrogen-bond acceptors (Lipinski definition) is 8. The van der Waals surface area contributed by atoms with E-state index in [0.717, 1.165) is 11.1 Å². The summed E-state index contributed by atoms with van der Waals surface area (Å²) in [6.45, 7) is 8.59. The summed E-state index contributed by atoms with van der Waals surface area (Å²) < 4.78 is 22.7. The van der Waals surface area contributed by atoms with E-state index < -0.39 is 47.6 Å². The Hall–Kier alpha value is -3.68. The number of carbonyl (C=O) groups is 4. The van der Waals surface area contributed by atoms with Gasteiger partial charge in [0.2, 0.25) is 5.60 Å². The minimum absolute atomic E-state index is 0.151. The highest BCUT2D eigenvalue weighted by atomic mass is 16.6. The maximum absolute atomic E-state index is 13.2. The number of allylic oxidation sites excluding steroid dienone is 2. The lowest BCUT2D eigenvalue weighted by atomic mass is 9.77. The fourth-order valence-corrected chi connectivity index (χ4v) is 5.43. The molecule has 1 saturated heterocycles. The molecule has 1 heterocycles. The molecule has 5 unspecified atom stereocenters. The van der Waals surface area contributed by atoms with Crippen molar-refractivity contribution in [2.24, 2.45) is 11.8 Å². The fourth-order valence-electron chi connectivity index (χ4n) is 5.43. The zero-order valence-electron chi connectivity index (χ0n) is 21.2. The van der Waals surface area contributed by atoms with E-state index in [2.05, 4.69) is 0 Å². The van der Waals surface area contributed by atoms with E-state index in [0.29, 0.717) is 22.5 Å². The number of carbonyl (C=O) groups excluding carboxylic acids is 4. The first kappa shape index (κ1) is 25.4. The Labute approximate surface area is 209 Å². The first-order valence-electron chi connectivity index (χ1n) is 11.8. The molecule has 3 aliphatic rings. The van der Waals surface area contributed by atoms with Crippen molar-refractivity contribution in [2.75, 3.05) is 7.11 Å². The predicted octanol–water partition coefficient (Wildman–Crippen LogP) is 3.90. The van der Waals surface area contributed by atoms with Crippen LogP contribution in [-0.4, -0.2) is 48.6 Å². The van der Waals surface area contributed by atoms with Gasteiger partial charge in [0, 0.05) is 24.0 Å². The van der Waals surface area contributed by atoms with Crippen molar-refractivity contribution in [1.29, 1.82) is 0 Å². The van der Waals surface area contributed by atoms with Crippen LogP contribution in [0.2, 0.25) is 0 Å². The largest absolute Gasteiger partial charge is 0.497 e. The van der Waals surface area contributed by atoms with Gasteiger partial charge in [0.1, 0.15) is 18.0 Å². The summed E-state index contributed by atoms with van der Waals surface area (Å²) in [4.78, 5) is 51.9. The normalized spacial score (nSPS) is 28.9. The Morgan fingerprint density at radius 1 is 1.11 bits per heavy atom. The topological polar surface area (TPSA) is 105 Å². The van der Waals surface area contributed by atoms with Crippen LogP contribution in [0, 0.1) is 11.8 Å². The molecule has 1 fully saturated rings. The van der Waals surface area contributed by atoms with Crippen LogP contribution in [0.3, 0.4) is 0 Å². The van der Waals surface area contributed by atoms with Crippen LogP contribution in [0.4, 0.5) is 0 Å². The van der Waals surface area contributed by atoms with E-state index in [4.69, 9.17) is 18.9 Å². The number of hydrogen-bond donors (Lipinski definition) is 0. The summed E-state index contributed by atoms with van der Waals surface area (Å²) in [5, 5.41) is 0. The predicted molar refractivity (Wildman–Crippen MR) is 129 cm³/mol. The van der Waals surface area contributed by atoms with Crippen LogP contribution >= 0.6 is 0 Å². The summed E-state index contributed by atoms with van der Waals surface area (Å²) in [6.07, 6.45) is 1.29. The molecule has 0 radical (unpaired) electrons. The van der Waals surface area contributed by atoms with Gasteiger partial charge >= 0.3 is 17.9 Å². The number of rotatable bonds is 5. The third kappa shape index (κ3) is 4.36. The van der Waals surface area contributed by atoms with E-state index in [9.17, 15) is 19.2 Å². The van der Waals surface area contributed by atoms with Gasteiger partial charge in [-0.2, -0.15) is 0 Å². The molecule has 5 atom stereocenters. The van der Waals surface area contributed by atoms with Gasteiger partial charge in [-0.25, -0.2) is 14.4 Å². The Kier molecular flexibility index (Phi) is 6.64. The van der Waals surface area contributed by atoms with Crippen molar-refractivity contribution >= 4 is 23.7 Å². The van der Waals surface area contributed by atoms with Crippen LogP contribution in [0.1, 0.15) is 51.4 Å². The highest BCUT2D eigenvalue weighted by molar-refractivity contribution is 6.09. The minimum Gasteiger partial charge on any atom is -0.497 e. The molecular weight excluding hydrogens is 464 g/mol. The molecule has 2 aliphatic carbocycles. The number of methoxy groups -OCH3 is 1. The third-order valence-corrected chi connectivity index (χ3v) is 7.06. The summed E-state index contributed by atoms with van der Waals surface area (Å²) in [6, 6.07) is 6.45. The third-order valence-electron chi connectivity index (χ3n) is 7.06. The SMILES string of the molecule is COc1ccc(C(=O)OC2CC(C)=C3C(=O)C=C(C)C3C3OC(=O)C(C)(OC(=O)C=C(C)C)C23)cc1. The second-order valence-electron chi connectivity index (χ2n) is 9.95. The van der Waals surface area contributed by atoms with Crippen molar-refractivity contribution in [3.05, 3.63) is 64.3 Å². The molecule has 4 rings (SSSR count). The highest BCUT2D eigenvalue weighted by Gasteiger charge is 2.65. The quantitative estimate of drug-likeness (QED) is 0.345. The smallest absolute Gasteiger partial charge is 0.351 e. The molecule has 1 aliphatic heterocycles. The molecule has 36 heavy (non-hydrogen) atoms. The summed E-state index contributed by atoms with van der Waals surface area (Å²) in [5.41, 5.74) is 1.31. The van der Waals surface area contributed by atoms with E-state index in [1.54, 1.807) is 44.2 Å². The van der Waals surface area contributed by atoms with Crippen molar-refractivity contribution < 1.29 is 38.1 Å². The molecule has 1 aromatic rings. The number of benzene rings is 1. The lowest BCUT2D eigenvalue weighted by Gasteiger charge is -2.34. The van der Waals surface area contributed by atoms with Crippen molar-refractivity contribution in [3.8, 4) is 5.75 Å². The van der Waals surface area contributed by atoms with E-state index in [-0.39, 0.29) is 12.2 Å². The second kappa shape index (κ2) is 9.41. The molecule has 0 amide bonds. The van der Waals surface area contributed by atoms with E-state index in [1.165, 1.54) is 20.1 Å². The Morgan fingerprint density at radius 3 is 2.39 bits per heavy atom. The van der Waals surface area contributed by atoms with Gasteiger partial charge in [0.25, 0.3) is 0 Å². The maximum atomic E-state index is 13.2. The molecule has 190 valence electrons. The monoisotopic (exact) mass is 494 g/mol. The van der Waals surface area contributed by atoms with Crippen LogP contribution in [0.15, 0.2) is 58.7 Å². The second-order valence-corrected chi connectivity index (χ2v) is 9.95. The van der Waals surface area contributed by atoms with E-state index in [1.807, 2.05) is 13.8 Å².